The Morgan fingerprint density at radius 3 is 2.28 bits per heavy atom. The zero-order valence-corrected chi connectivity index (χ0v) is 23.9. The van der Waals surface area contributed by atoms with Crippen LogP contribution in [0.15, 0.2) is 22.7 Å². The van der Waals surface area contributed by atoms with Gasteiger partial charge in [0.25, 0.3) is 11.5 Å². The monoisotopic (exact) mass is 642 g/mol. The van der Waals surface area contributed by atoms with E-state index in [2.05, 4.69) is 15.1 Å². The molecular weight excluding hydrogens is 616 g/mol. The number of carbonyl (C=O) groups is 1. The van der Waals surface area contributed by atoms with E-state index in [1.807, 2.05) is 0 Å². The van der Waals surface area contributed by atoms with E-state index >= 15 is 0 Å². The summed E-state index contributed by atoms with van der Waals surface area (Å²) in [7, 11) is 0. The van der Waals surface area contributed by atoms with Crippen LogP contribution in [0.3, 0.4) is 0 Å². The smallest absolute Gasteiger partial charge is 0.430 e. The molecule has 1 aromatic carbocycles. The summed E-state index contributed by atoms with van der Waals surface area (Å²) in [6.07, 6.45) is -12.7. The van der Waals surface area contributed by atoms with Crippen molar-refractivity contribution in [3.63, 3.8) is 0 Å². The molecule has 0 bridgehead atoms. The minimum atomic E-state index is -6.08. The maximum absolute atomic E-state index is 14.1. The molecular formula is C26H26F8N4O4S. The molecule has 2 N–H and O–H groups in total. The van der Waals surface area contributed by atoms with Crippen LogP contribution in [0.4, 0.5) is 35.1 Å². The highest BCUT2D eigenvalue weighted by Crippen LogP contribution is 2.51. The number of thiazole rings is 1. The first kappa shape index (κ1) is 32.7. The van der Waals surface area contributed by atoms with Crippen molar-refractivity contribution in [3.05, 3.63) is 40.9 Å². The van der Waals surface area contributed by atoms with E-state index in [1.165, 1.54) is 25.7 Å². The molecule has 0 amide bonds. The first-order chi connectivity index (χ1) is 19.6. The molecule has 0 radical (unpaired) electrons. The third kappa shape index (κ3) is 6.24. The van der Waals surface area contributed by atoms with E-state index < -0.39 is 59.8 Å². The van der Waals surface area contributed by atoms with Gasteiger partial charge in [-0.05, 0) is 38.8 Å². The van der Waals surface area contributed by atoms with Gasteiger partial charge in [-0.2, -0.15) is 31.3 Å². The Morgan fingerprint density at radius 1 is 1.14 bits per heavy atom. The molecule has 0 saturated carbocycles. The third-order valence-corrected chi connectivity index (χ3v) is 8.37. The van der Waals surface area contributed by atoms with Crippen molar-refractivity contribution in [1.29, 1.82) is 0 Å². The number of carboxylic acids is 1. The van der Waals surface area contributed by atoms with Crippen LogP contribution < -0.4 is 0 Å². The van der Waals surface area contributed by atoms with Gasteiger partial charge in [0.05, 0.1) is 22.5 Å². The molecule has 0 spiro atoms. The molecule has 2 aromatic heterocycles. The number of aryl methyl sites for hydroxylation is 1. The van der Waals surface area contributed by atoms with E-state index in [9.17, 15) is 50.1 Å². The predicted octanol–water partition coefficient (Wildman–Crippen LogP) is 6.36. The second kappa shape index (κ2) is 10.8. The van der Waals surface area contributed by atoms with E-state index in [4.69, 9.17) is 4.52 Å². The summed E-state index contributed by atoms with van der Waals surface area (Å²) < 4.78 is 114. The SMILES string of the molecule is Cc1cc(C(O)(C(F)(F)F)C(F)(F)F)ccc1-c1sc(-c2noc(CC(C)(C)C(=O)O)n2)nc1CN1CC(F)(F)C[C@@H]1C. The Kier molecular flexibility index (Phi) is 8.19. The summed E-state index contributed by atoms with van der Waals surface area (Å²) >= 11 is 0.893. The number of aromatic nitrogens is 3. The number of aliphatic carboxylic acids is 1. The molecule has 1 aliphatic rings. The topological polar surface area (TPSA) is 113 Å². The third-order valence-electron chi connectivity index (χ3n) is 7.24. The fourth-order valence-electron chi connectivity index (χ4n) is 4.75. The van der Waals surface area contributed by atoms with Crippen molar-refractivity contribution in [2.45, 2.75) is 77.0 Å². The summed E-state index contributed by atoms with van der Waals surface area (Å²) in [5, 5.41) is 23.1. The number of halogens is 8. The number of rotatable bonds is 8. The lowest BCUT2D eigenvalue weighted by Crippen LogP contribution is -2.53. The molecule has 8 nitrogen and oxygen atoms in total. The molecule has 17 heteroatoms. The fourth-order valence-corrected chi connectivity index (χ4v) is 5.84. The average Bonchev–Trinajstić information content (AvgIpc) is 3.54. The van der Waals surface area contributed by atoms with Gasteiger partial charge in [-0.15, -0.1) is 11.3 Å². The van der Waals surface area contributed by atoms with E-state index in [1.54, 1.807) is 6.92 Å². The first-order valence-electron chi connectivity index (χ1n) is 12.7. The van der Waals surface area contributed by atoms with Crippen LogP contribution in [0.25, 0.3) is 21.3 Å². The molecule has 1 saturated heterocycles. The predicted molar refractivity (Wildman–Crippen MR) is 136 cm³/mol. The Balaban J connectivity index is 1.79. The number of carboxylic acid groups (broad SMARTS) is 1. The van der Waals surface area contributed by atoms with Crippen LogP contribution >= 0.6 is 11.3 Å². The van der Waals surface area contributed by atoms with Gasteiger partial charge in [0.15, 0.2) is 5.01 Å². The largest absolute Gasteiger partial charge is 0.481 e. The average molecular weight is 643 g/mol. The van der Waals surface area contributed by atoms with Crippen LogP contribution in [0.2, 0.25) is 0 Å². The minimum absolute atomic E-state index is 0.0346. The van der Waals surface area contributed by atoms with Gasteiger partial charge in [0.2, 0.25) is 11.7 Å². The summed E-state index contributed by atoms with van der Waals surface area (Å²) in [4.78, 5) is 21.8. The van der Waals surface area contributed by atoms with Crippen LogP contribution in [0.1, 0.15) is 49.9 Å². The van der Waals surface area contributed by atoms with Crippen LogP contribution in [-0.2, 0) is 23.4 Å². The Morgan fingerprint density at radius 2 is 1.77 bits per heavy atom. The van der Waals surface area contributed by atoms with Gasteiger partial charge in [0, 0.05) is 31.0 Å². The van der Waals surface area contributed by atoms with Crippen LogP contribution in [0.5, 0.6) is 0 Å². The molecule has 4 rings (SSSR count). The first-order valence-corrected chi connectivity index (χ1v) is 13.5. The molecule has 3 aromatic rings. The van der Waals surface area contributed by atoms with Crippen molar-refractivity contribution < 1.29 is 54.7 Å². The van der Waals surface area contributed by atoms with Crippen molar-refractivity contribution in [3.8, 4) is 21.3 Å². The number of benzene rings is 1. The summed E-state index contributed by atoms with van der Waals surface area (Å²) in [6.45, 7) is 4.96. The number of nitrogens with zero attached hydrogens (tertiary/aromatic N) is 4. The molecule has 1 aliphatic heterocycles. The fraction of sp³-hybridized carbons (Fsp3) is 0.538. The summed E-state index contributed by atoms with van der Waals surface area (Å²) in [5.74, 6) is -4.21. The van der Waals surface area contributed by atoms with E-state index in [0.717, 1.165) is 17.4 Å². The molecule has 0 aliphatic carbocycles. The van der Waals surface area contributed by atoms with Crippen LogP contribution in [0, 0.1) is 12.3 Å². The Bertz CT molecular complexity index is 1500. The molecule has 0 unspecified atom stereocenters. The van der Waals surface area contributed by atoms with Crippen molar-refractivity contribution in [2.75, 3.05) is 6.54 Å². The summed E-state index contributed by atoms with van der Waals surface area (Å²) in [6, 6.07) is 1.46. The molecule has 3 heterocycles. The van der Waals surface area contributed by atoms with Gasteiger partial charge in [-0.25, -0.2) is 13.8 Å². The number of hydrogen-bond donors (Lipinski definition) is 2. The van der Waals surface area contributed by atoms with Gasteiger partial charge >= 0.3 is 18.3 Å². The molecule has 236 valence electrons. The van der Waals surface area contributed by atoms with Crippen LogP contribution in [-0.4, -0.2) is 67.1 Å². The van der Waals surface area contributed by atoms with Crippen molar-refractivity contribution in [1.82, 2.24) is 20.0 Å². The van der Waals surface area contributed by atoms with Crippen molar-refractivity contribution >= 4 is 17.3 Å². The summed E-state index contributed by atoms with van der Waals surface area (Å²) in [5.41, 5.74) is -7.60. The second-order valence-corrected chi connectivity index (χ2v) is 12.2. The highest BCUT2D eigenvalue weighted by atomic mass is 32.1. The standard InChI is InChI=1S/C26H26F8N4O4S/c1-12-7-14(24(41,25(29,30)31)26(32,33)34)5-6-15(12)18-16(10-38-11-23(27,28)8-13(38)2)35-20(43-18)19-36-17(42-37-19)9-22(3,4)21(39)40/h5-7,13,41H,8-11H2,1-4H3,(H,39,40)/t13-/m0/s1. The van der Waals surface area contributed by atoms with Gasteiger partial charge < -0.3 is 14.7 Å². The molecule has 43 heavy (non-hydrogen) atoms. The quantitative estimate of drug-likeness (QED) is 0.273. The minimum Gasteiger partial charge on any atom is -0.481 e. The van der Waals surface area contributed by atoms with E-state index in [0.29, 0.717) is 12.1 Å². The number of likely N-dealkylation sites (tertiary alicyclic amines) is 1. The second-order valence-electron chi connectivity index (χ2n) is 11.2. The number of hydrogen-bond acceptors (Lipinski definition) is 8. The van der Waals surface area contributed by atoms with E-state index in [-0.39, 0.29) is 51.4 Å². The van der Waals surface area contributed by atoms with Gasteiger partial charge in [-0.3, -0.25) is 9.69 Å². The zero-order valence-electron chi connectivity index (χ0n) is 23.1. The van der Waals surface area contributed by atoms with Gasteiger partial charge in [-0.1, -0.05) is 23.4 Å². The molecule has 1 fully saturated rings. The number of alkyl halides is 8. The number of aliphatic hydroxyl groups is 1. The zero-order chi connectivity index (χ0) is 32.3. The highest BCUT2D eigenvalue weighted by molar-refractivity contribution is 7.18. The lowest BCUT2D eigenvalue weighted by atomic mass is 9.89. The normalized spacial score (nSPS) is 18.4. The lowest BCUT2D eigenvalue weighted by molar-refractivity contribution is -0.376. The van der Waals surface area contributed by atoms with Gasteiger partial charge in [0.1, 0.15) is 0 Å². The maximum Gasteiger partial charge on any atom is 0.430 e. The maximum atomic E-state index is 14.1. The Hall–Kier alpha value is -3.18. The lowest BCUT2D eigenvalue weighted by Gasteiger charge is -2.33. The van der Waals surface area contributed by atoms with Crippen molar-refractivity contribution in [2.24, 2.45) is 5.41 Å². The highest BCUT2D eigenvalue weighted by Gasteiger charge is 2.71. The molecule has 1 atom stereocenters. The Labute approximate surface area is 243 Å².